The first-order valence-corrected chi connectivity index (χ1v) is 11.2. The molecular formula is C23H34ClN5. The molecule has 2 unspecified atom stereocenters. The number of rotatable bonds is 8. The molecule has 2 bridgehead atoms. The molecule has 158 valence electrons. The Morgan fingerprint density at radius 2 is 2.24 bits per heavy atom. The average Bonchev–Trinajstić information content (AvgIpc) is 2.73. The van der Waals surface area contributed by atoms with Gasteiger partial charge in [0.05, 0.1) is 6.04 Å². The molecule has 0 aromatic heterocycles. The number of nitrogens with one attached hydrogen (secondary N) is 1. The van der Waals surface area contributed by atoms with Crippen LogP contribution in [0.1, 0.15) is 39.5 Å². The Hall–Kier alpha value is -1.85. The molecule has 2 aliphatic heterocycles. The monoisotopic (exact) mass is 415 g/mol. The predicted molar refractivity (Wildman–Crippen MR) is 123 cm³/mol. The maximum Gasteiger partial charge on any atom is 0.0922 e. The van der Waals surface area contributed by atoms with Crippen molar-refractivity contribution >= 4 is 17.3 Å². The van der Waals surface area contributed by atoms with Crippen LogP contribution in [-0.4, -0.2) is 54.2 Å². The molecule has 6 heteroatoms. The zero-order chi connectivity index (χ0) is 20.6. The number of hydrogen-bond acceptors (Lipinski definition) is 5. The summed E-state index contributed by atoms with van der Waals surface area (Å²) in [5, 5.41) is 16.0. The summed E-state index contributed by atoms with van der Waals surface area (Å²) in [6.45, 7) is 12.1. The number of fused-ring (bicyclic) bond motifs is 6. The minimum absolute atomic E-state index is 0.198. The van der Waals surface area contributed by atoms with E-state index in [1.807, 2.05) is 24.3 Å². The first-order chi connectivity index (χ1) is 14.1. The minimum atomic E-state index is 0.198. The fourth-order valence-electron chi connectivity index (χ4n) is 4.33. The Morgan fingerprint density at radius 3 is 2.97 bits per heavy atom. The number of hydrogen-bond donors (Lipinski definition) is 1. The minimum Gasteiger partial charge on any atom is -0.378 e. The van der Waals surface area contributed by atoms with Gasteiger partial charge in [0.2, 0.25) is 0 Å². The molecule has 3 atom stereocenters. The van der Waals surface area contributed by atoms with Crippen LogP contribution in [0.5, 0.6) is 0 Å². The van der Waals surface area contributed by atoms with Crippen LogP contribution in [0.4, 0.5) is 5.69 Å². The Bertz CT molecular complexity index is 732. The van der Waals surface area contributed by atoms with E-state index in [2.05, 4.69) is 53.0 Å². The van der Waals surface area contributed by atoms with Crippen molar-refractivity contribution in [2.24, 2.45) is 10.3 Å². The van der Waals surface area contributed by atoms with E-state index in [0.717, 1.165) is 62.6 Å². The molecule has 5 nitrogen and oxygen atoms in total. The van der Waals surface area contributed by atoms with Gasteiger partial charge in [-0.3, -0.25) is 9.91 Å². The van der Waals surface area contributed by atoms with E-state index in [1.165, 1.54) is 5.57 Å². The third-order valence-electron chi connectivity index (χ3n) is 5.83. The molecular weight excluding hydrogens is 382 g/mol. The fraction of sp³-hybridized carbons (Fsp3) is 0.565. The summed E-state index contributed by atoms with van der Waals surface area (Å²) in [4.78, 5) is 2.53. The quantitative estimate of drug-likeness (QED) is 0.564. The van der Waals surface area contributed by atoms with E-state index < -0.39 is 0 Å². The molecule has 2 heterocycles. The summed E-state index contributed by atoms with van der Waals surface area (Å²) in [5.41, 5.74) is 2.55. The molecule has 0 spiro atoms. The molecule has 1 aromatic rings. The number of nitrogens with zero attached hydrogens (tertiary/aromatic N) is 4. The van der Waals surface area contributed by atoms with Gasteiger partial charge >= 0.3 is 0 Å². The van der Waals surface area contributed by atoms with Crippen molar-refractivity contribution in [3.05, 3.63) is 53.6 Å². The molecule has 0 amide bonds. The largest absolute Gasteiger partial charge is 0.378 e. The molecule has 1 aromatic carbocycles. The van der Waals surface area contributed by atoms with Gasteiger partial charge in [-0.2, -0.15) is 5.11 Å². The average molecular weight is 416 g/mol. The lowest BCUT2D eigenvalue weighted by Crippen LogP contribution is -2.47. The van der Waals surface area contributed by atoms with Crippen molar-refractivity contribution in [3.63, 3.8) is 0 Å². The van der Waals surface area contributed by atoms with Gasteiger partial charge in [-0.15, -0.1) is 6.58 Å². The summed E-state index contributed by atoms with van der Waals surface area (Å²) in [6.07, 6.45) is 8.46. The molecule has 0 saturated heterocycles. The highest BCUT2D eigenvalue weighted by atomic mass is 35.5. The first kappa shape index (κ1) is 21.8. The number of benzene rings is 1. The van der Waals surface area contributed by atoms with E-state index in [0.29, 0.717) is 6.04 Å². The Morgan fingerprint density at radius 1 is 1.38 bits per heavy atom. The van der Waals surface area contributed by atoms with Crippen molar-refractivity contribution in [1.29, 1.82) is 0 Å². The van der Waals surface area contributed by atoms with E-state index in [9.17, 15) is 0 Å². The van der Waals surface area contributed by atoms with Crippen LogP contribution in [-0.2, 0) is 0 Å². The van der Waals surface area contributed by atoms with Crippen LogP contribution >= 0.6 is 11.6 Å². The number of halogens is 1. The van der Waals surface area contributed by atoms with Crippen molar-refractivity contribution < 1.29 is 0 Å². The lowest BCUT2D eigenvalue weighted by atomic mass is 9.84. The maximum atomic E-state index is 6.22. The second-order valence-electron chi connectivity index (χ2n) is 7.88. The Balaban J connectivity index is 1.88. The molecule has 1 N–H and O–H groups in total. The highest BCUT2D eigenvalue weighted by molar-refractivity contribution is 6.30. The zero-order valence-corrected chi connectivity index (χ0v) is 18.5. The van der Waals surface area contributed by atoms with Gasteiger partial charge in [0.15, 0.2) is 0 Å². The smallest absolute Gasteiger partial charge is 0.0922 e. The second kappa shape index (κ2) is 10.8. The molecule has 4 rings (SSSR count). The van der Waals surface area contributed by atoms with Gasteiger partial charge in [-0.1, -0.05) is 47.5 Å². The lowest BCUT2D eigenvalue weighted by molar-refractivity contribution is 0.164. The molecule has 0 saturated carbocycles. The van der Waals surface area contributed by atoms with Gasteiger partial charge in [0, 0.05) is 42.4 Å². The van der Waals surface area contributed by atoms with Gasteiger partial charge in [0.1, 0.15) is 0 Å². The lowest BCUT2D eigenvalue weighted by Gasteiger charge is -2.40. The number of anilines is 1. The third kappa shape index (κ3) is 5.83. The van der Waals surface area contributed by atoms with Gasteiger partial charge in [-0.25, -0.2) is 0 Å². The topological polar surface area (TPSA) is 43.2 Å². The van der Waals surface area contributed by atoms with E-state index in [1.54, 1.807) is 0 Å². The van der Waals surface area contributed by atoms with Gasteiger partial charge in [0.25, 0.3) is 0 Å². The first-order valence-electron chi connectivity index (χ1n) is 10.9. The van der Waals surface area contributed by atoms with E-state index in [4.69, 9.17) is 16.7 Å². The molecule has 0 fully saturated rings. The molecule has 29 heavy (non-hydrogen) atoms. The summed E-state index contributed by atoms with van der Waals surface area (Å²) in [5.74, 6) is 0. The summed E-state index contributed by atoms with van der Waals surface area (Å²) < 4.78 is 0. The molecule has 0 radical (unpaired) electrons. The van der Waals surface area contributed by atoms with Crippen LogP contribution in [0.3, 0.4) is 0 Å². The fourth-order valence-corrected chi connectivity index (χ4v) is 4.52. The summed E-state index contributed by atoms with van der Waals surface area (Å²) in [7, 11) is 0. The van der Waals surface area contributed by atoms with Crippen LogP contribution in [0, 0.1) is 0 Å². The molecule has 3 aliphatic rings. The zero-order valence-electron chi connectivity index (χ0n) is 17.7. The van der Waals surface area contributed by atoms with Crippen LogP contribution in [0.2, 0.25) is 5.02 Å². The van der Waals surface area contributed by atoms with Gasteiger partial charge < -0.3 is 5.32 Å². The van der Waals surface area contributed by atoms with Crippen molar-refractivity contribution in [2.75, 3.05) is 31.5 Å². The van der Waals surface area contributed by atoms with Crippen LogP contribution in [0.25, 0.3) is 0 Å². The van der Waals surface area contributed by atoms with Crippen molar-refractivity contribution in [2.45, 2.75) is 57.7 Å². The standard InChI is InChI=1S/C23H34ClN5/c1-4-13-28(14-5-2)23-16-18-10-11-22(23)26-27-29(6-3)15-12-21(18)25-20-9-7-8-19(24)17-20/h4,7-10,17,21-23,25H,1,5-6,11-16H2,2-3H3/t21?,22?,23-/m0/s1. The molecule has 1 aliphatic carbocycles. The summed E-state index contributed by atoms with van der Waals surface area (Å²) >= 11 is 6.22. The van der Waals surface area contributed by atoms with Crippen LogP contribution in [0.15, 0.2) is 58.9 Å². The third-order valence-corrected chi connectivity index (χ3v) is 6.07. The van der Waals surface area contributed by atoms with Crippen LogP contribution < -0.4 is 5.32 Å². The van der Waals surface area contributed by atoms with E-state index >= 15 is 0 Å². The van der Waals surface area contributed by atoms with Gasteiger partial charge in [-0.05, 0) is 57.4 Å². The van der Waals surface area contributed by atoms with E-state index in [-0.39, 0.29) is 12.1 Å². The highest BCUT2D eigenvalue weighted by Gasteiger charge is 2.33. The second-order valence-corrected chi connectivity index (χ2v) is 8.32. The maximum absolute atomic E-state index is 6.22. The Labute approximate surface area is 180 Å². The van der Waals surface area contributed by atoms with Crippen molar-refractivity contribution in [3.8, 4) is 0 Å². The van der Waals surface area contributed by atoms with Crippen molar-refractivity contribution in [1.82, 2.24) is 9.91 Å². The highest BCUT2D eigenvalue weighted by Crippen LogP contribution is 2.32. The Kier molecular flexibility index (Phi) is 8.13. The summed E-state index contributed by atoms with van der Waals surface area (Å²) in [6, 6.07) is 8.83. The normalized spacial score (nSPS) is 24.5. The predicted octanol–water partition coefficient (Wildman–Crippen LogP) is 5.57. The SMILES string of the molecule is C=CCN(CCC)[C@H]1CC2=CCC1N=NN(CC)CCC2Nc1cccc(Cl)c1.